The van der Waals surface area contributed by atoms with Gasteiger partial charge in [0.25, 0.3) is 5.91 Å². The fourth-order valence-electron chi connectivity index (χ4n) is 4.88. The highest BCUT2D eigenvalue weighted by Gasteiger charge is 2.42. The Morgan fingerprint density at radius 3 is 2.67 bits per heavy atom. The van der Waals surface area contributed by atoms with Gasteiger partial charge in [-0.15, -0.1) is 5.10 Å². The number of aliphatic hydroxyl groups is 2. The van der Waals surface area contributed by atoms with Gasteiger partial charge in [0.2, 0.25) is 0 Å². The van der Waals surface area contributed by atoms with Crippen molar-refractivity contribution in [3.63, 3.8) is 0 Å². The number of carbonyl (C=O) groups is 1. The Hall–Kier alpha value is -4.32. The van der Waals surface area contributed by atoms with Crippen LogP contribution in [-0.4, -0.2) is 81.1 Å². The summed E-state index contributed by atoms with van der Waals surface area (Å²) in [4.78, 5) is 14.8. The van der Waals surface area contributed by atoms with Crippen molar-refractivity contribution >= 4 is 11.6 Å². The number of amides is 1. The molecule has 4 aromatic rings. The lowest BCUT2D eigenvalue weighted by Gasteiger charge is -2.39. The molecule has 3 N–H and O–H groups in total. The summed E-state index contributed by atoms with van der Waals surface area (Å²) in [6.45, 7) is 0.914. The Morgan fingerprint density at radius 1 is 1.14 bits per heavy atom. The molecule has 1 fully saturated rings. The monoisotopic (exact) mass is 575 g/mol. The molecule has 0 spiro atoms. The maximum atomic E-state index is 13.7. The molecule has 0 bridgehead atoms. The number of nitrogens with zero attached hydrogens (tertiary/aromatic N) is 4. The standard InChI is InChI=1S/C31H34FN5O5/c1-36(15-14-33-24-10-12-25(13-11-24)41-20-21-6-3-2-4-7-21)31(40)28-17-27(30(39)29(19-38)42-28)37-18-26(34-35-37)22-8-5-9-23(32)16-22/h2-13,16,18,27-30,33,38-39H,14-15,17,19-20H2,1H3/t27-,28-,29-,30-/m1/s1. The number of benzene rings is 3. The Labute approximate surface area is 243 Å². The van der Waals surface area contributed by atoms with Gasteiger partial charge < -0.3 is 29.9 Å². The minimum atomic E-state index is -1.12. The summed E-state index contributed by atoms with van der Waals surface area (Å²) < 4.78 is 26.7. The molecule has 0 aliphatic carbocycles. The van der Waals surface area contributed by atoms with Crippen LogP contribution in [0.25, 0.3) is 11.3 Å². The van der Waals surface area contributed by atoms with Crippen molar-refractivity contribution in [2.75, 3.05) is 32.1 Å². The van der Waals surface area contributed by atoms with Crippen molar-refractivity contribution in [3.8, 4) is 17.0 Å². The van der Waals surface area contributed by atoms with Crippen molar-refractivity contribution in [2.24, 2.45) is 0 Å². The van der Waals surface area contributed by atoms with Crippen LogP contribution in [0.5, 0.6) is 5.75 Å². The average molecular weight is 576 g/mol. The minimum Gasteiger partial charge on any atom is -0.489 e. The number of rotatable bonds is 11. The summed E-state index contributed by atoms with van der Waals surface area (Å²) in [6, 6.07) is 22.8. The molecule has 1 amide bonds. The number of carbonyl (C=O) groups excluding carboxylic acids is 1. The number of ether oxygens (including phenoxy) is 2. The number of nitrogens with one attached hydrogen (secondary N) is 1. The molecule has 1 aromatic heterocycles. The second-order valence-corrected chi connectivity index (χ2v) is 10.2. The van der Waals surface area contributed by atoms with Gasteiger partial charge in [0.15, 0.2) is 0 Å². The number of halogens is 1. The first-order chi connectivity index (χ1) is 20.4. The largest absolute Gasteiger partial charge is 0.489 e. The van der Waals surface area contributed by atoms with Crippen molar-refractivity contribution in [1.29, 1.82) is 0 Å². The molecule has 1 aliphatic heterocycles. The lowest BCUT2D eigenvalue weighted by atomic mass is 9.95. The molecule has 0 saturated carbocycles. The van der Waals surface area contributed by atoms with Crippen molar-refractivity contribution in [3.05, 3.63) is 96.4 Å². The van der Waals surface area contributed by atoms with Gasteiger partial charge in [0, 0.05) is 37.8 Å². The molecular formula is C31H34FN5O5. The first-order valence-electron chi connectivity index (χ1n) is 13.8. The van der Waals surface area contributed by atoms with Gasteiger partial charge in [0.05, 0.1) is 18.8 Å². The van der Waals surface area contributed by atoms with Crippen LogP contribution in [0.3, 0.4) is 0 Å². The smallest absolute Gasteiger partial charge is 0.251 e. The Balaban J connectivity index is 1.14. The second-order valence-electron chi connectivity index (χ2n) is 10.2. The molecule has 1 saturated heterocycles. The number of likely N-dealkylation sites (N-methyl/N-ethyl adjacent to an activating group) is 1. The maximum Gasteiger partial charge on any atom is 0.251 e. The van der Waals surface area contributed by atoms with E-state index in [2.05, 4.69) is 15.6 Å². The maximum absolute atomic E-state index is 13.7. The van der Waals surface area contributed by atoms with E-state index in [1.165, 1.54) is 16.8 Å². The van der Waals surface area contributed by atoms with E-state index < -0.39 is 36.8 Å². The zero-order chi connectivity index (χ0) is 29.5. The summed E-state index contributed by atoms with van der Waals surface area (Å²) in [5.41, 5.74) is 2.95. The molecule has 42 heavy (non-hydrogen) atoms. The van der Waals surface area contributed by atoms with E-state index in [9.17, 15) is 19.4 Å². The van der Waals surface area contributed by atoms with Crippen LogP contribution < -0.4 is 10.1 Å². The third-order valence-electron chi connectivity index (χ3n) is 7.25. The molecule has 11 heteroatoms. The third kappa shape index (κ3) is 7.11. The summed E-state index contributed by atoms with van der Waals surface area (Å²) in [5.74, 6) is 0.0839. The Bertz CT molecular complexity index is 1450. The number of hydrogen-bond donors (Lipinski definition) is 3. The fraction of sp³-hybridized carbons (Fsp3) is 0.323. The topological polar surface area (TPSA) is 122 Å². The summed E-state index contributed by atoms with van der Waals surface area (Å²) in [6.07, 6.45) is -1.27. The average Bonchev–Trinajstić information content (AvgIpc) is 3.51. The van der Waals surface area contributed by atoms with E-state index >= 15 is 0 Å². The lowest BCUT2D eigenvalue weighted by Crippen LogP contribution is -2.52. The van der Waals surface area contributed by atoms with Crippen molar-refractivity contribution in [1.82, 2.24) is 19.9 Å². The van der Waals surface area contributed by atoms with Crippen LogP contribution in [0.15, 0.2) is 85.1 Å². The summed E-state index contributed by atoms with van der Waals surface area (Å²) in [7, 11) is 1.68. The predicted octanol–water partition coefficient (Wildman–Crippen LogP) is 3.29. The van der Waals surface area contributed by atoms with Gasteiger partial charge >= 0.3 is 0 Å². The van der Waals surface area contributed by atoms with Gasteiger partial charge in [0.1, 0.15) is 42.2 Å². The fourth-order valence-corrected chi connectivity index (χ4v) is 4.88. The highest BCUT2D eigenvalue weighted by atomic mass is 19.1. The molecule has 2 heterocycles. The normalized spacial score (nSPS) is 20.2. The molecule has 220 valence electrons. The van der Waals surface area contributed by atoms with Gasteiger partial charge in [-0.25, -0.2) is 9.07 Å². The highest BCUT2D eigenvalue weighted by molar-refractivity contribution is 5.81. The van der Waals surface area contributed by atoms with Crippen LogP contribution in [0.4, 0.5) is 10.1 Å². The van der Waals surface area contributed by atoms with Crippen LogP contribution in [0.1, 0.15) is 18.0 Å². The van der Waals surface area contributed by atoms with Crippen LogP contribution in [-0.2, 0) is 16.1 Å². The van der Waals surface area contributed by atoms with E-state index in [0.717, 1.165) is 17.0 Å². The van der Waals surface area contributed by atoms with Crippen LogP contribution in [0, 0.1) is 5.82 Å². The summed E-state index contributed by atoms with van der Waals surface area (Å²) in [5, 5.41) is 32.2. The Kier molecular flexibility index (Phi) is 9.42. The first-order valence-corrected chi connectivity index (χ1v) is 13.8. The van der Waals surface area contributed by atoms with E-state index in [-0.39, 0.29) is 12.3 Å². The number of hydrogen-bond acceptors (Lipinski definition) is 8. The molecule has 3 aromatic carbocycles. The zero-order valence-electron chi connectivity index (χ0n) is 23.2. The van der Waals surface area contributed by atoms with Gasteiger partial charge in [-0.05, 0) is 42.0 Å². The number of aliphatic hydroxyl groups excluding tert-OH is 2. The van der Waals surface area contributed by atoms with Gasteiger partial charge in [-0.3, -0.25) is 4.79 Å². The highest BCUT2D eigenvalue weighted by Crippen LogP contribution is 2.31. The second kappa shape index (κ2) is 13.6. The predicted molar refractivity (Wildman–Crippen MR) is 154 cm³/mol. The molecule has 5 rings (SSSR count). The van der Waals surface area contributed by atoms with E-state index in [4.69, 9.17) is 9.47 Å². The van der Waals surface area contributed by atoms with Gasteiger partial charge in [-0.2, -0.15) is 0 Å². The Morgan fingerprint density at radius 2 is 1.93 bits per heavy atom. The van der Waals surface area contributed by atoms with Crippen LogP contribution in [0.2, 0.25) is 0 Å². The molecule has 10 nitrogen and oxygen atoms in total. The van der Waals surface area contributed by atoms with E-state index in [1.807, 2.05) is 54.6 Å². The third-order valence-corrected chi connectivity index (χ3v) is 7.25. The van der Waals surface area contributed by atoms with E-state index in [1.54, 1.807) is 30.3 Å². The summed E-state index contributed by atoms with van der Waals surface area (Å²) >= 11 is 0. The quantitative estimate of drug-likeness (QED) is 0.249. The molecule has 0 radical (unpaired) electrons. The van der Waals surface area contributed by atoms with Crippen LogP contribution >= 0.6 is 0 Å². The lowest BCUT2D eigenvalue weighted by molar-refractivity contribution is -0.177. The molecular weight excluding hydrogens is 541 g/mol. The van der Waals surface area contributed by atoms with E-state index in [0.29, 0.717) is 31.0 Å². The first kappa shape index (κ1) is 29.2. The van der Waals surface area contributed by atoms with Crippen molar-refractivity contribution < 1.29 is 28.9 Å². The zero-order valence-corrected chi connectivity index (χ0v) is 23.2. The molecule has 0 unspecified atom stereocenters. The number of anilines is 1. The van der Waals surface area contributed by atoms with Crippen molar-refractivity contribution in [2.45, 2.75) is 37.4 Å². The molecule has 1 aliphatic rings. The number of aromatic nitrogens is 3. The minimum absolute atomic E-state index is 0.130. The van der Waals surface area contributed by atoms with Gasteiger partial charge in [-0.1, -0.05) is 47.7 Å². The SMILES string of the molecule is CN(CCNc1ccc(OCc2ccccc2)cc1)C(=O)[C@H]1C[C@@H](n2cc(-c3cccc(F)c3)nn2)[C@@H](O)[C@@H](CO)O1. The molecule has 4 atom stereocenters.